The van der Waals surface area contributed by atoms with E-state index in [9.17, 15) is 14.8 Å². The van der Waals surface area contributed by atoms with E-state index in [4.69, 9.17) is 0 Å². The van der Waals surface area contributed by atoms with Crippen LogP contribution < -0.4 is 5.32 Å². The third-order valence-corrected chi connectivity index (χ3v) is 3.96. The van der Waals surface area contributed by atoms with Crippen molar-refractivity contribution in [3.8, 4) is 0 Å². The standard InChI is InChI=1S/C17H25N3O3/c21-16-10-5-2-6-12-19(16)13-7-11-18-17(22)20(23)14-15-8-3-1-4-9-15/h1,3-4,8-9,23H,2,5-7,10-14H2,(H,18,22). The predicted octanol–water partition coefficient (Wildman–Crippen LogP) is 2.38. The summed E-state index contributed by atoms with van der Waals surface area (Å²) >= 11 is 0. The molecule has 0 spiro atoms. The van der Waals surface area contributed by atoms with Gasteiger partial charge in [-0.2, -0.15) is 0 Å². The lowest BCUT2D eigenvalue weighted by atomic mass is 10.2. The molecule has 0 aliphatic carbocycles. The Hall–Kier alpha value is -2.08. The number of rotatable bonds is 6. The Kier molecular flexibility index (Phi) is 6.87. The van der Waals surface area contributed by atoms with Gasteiger partial charge in [-0.05, 0) is 24.8 Å². The molecule has 1 saturated heterocycles. The van der Waals surface area contributed by atoms with Crippen LogP contribution in [0.25, 0.3) is 0 Å². The fraction of sp³-hybridized carbons (Fsp3) is 0.529. The number of carbonyl (C=O) groups excluding carboxylic acids is 2. The van der Waals surface area contributed by atoms with Gasteiger partial charge in [0.25, 0.3) is 0 Å². The normalized spacial score (nSPS) is 15.2. The van der Waals surface area contributed by atoms with Crippen LogP contribution >= 0.6 is 0 Å². The van der Waals surface area contributed by atoms with Gasteiger partial charge in [0, 0.05) is 26.1 Å². The third-order valence-electron chi connectivity index (χ3n) is 3.96. The summed E-state index contributed by atoms with van der Waals surface area (Å²) in [5, 5.41) is 13.1. The minimum atomic E-state index is -0.518. The largest absolute Gasteiger partial charge is 0.343 e. The maximum absolute atomic E-state index is 11.8. The van der Waals surface area contributed by atoms with E-state index < -0.39 is 6.03 Å². The summed E-state index contributed by atoms with van der Waals surface area (Å²) in [6.07, 6.45) is 4.47. The molecule has 0 atom stereocenters. The Bertz CT molecular complexity index is 507. The first-order valence-corrected chi connectivity index (χ1v) is 8.23. The molecule has 2 rings (SSSR count). The maximum atomic E-state index is 11.8. The summed E-state index contributed by atoms with van der Waals surface area (Å²) < 4.78 is 0. The van der Waals surface area contributed by atoms with Gasteiger partial charge in [-0.3, -0.25) is 10.0 Å². The number of nitrogens with one attached hydrogen (secondary N) is 1. The molecular formula is C17H25N3O3. The molecule has 0 bridgehead atoms. The highest BCUT2D eigenvalue weighted by molar-refractivity contribution is 5.76. The molecule has 1 fully saturated rings. The second-order valence-electron chi connectivity index (χ2n) is 5.82. The van der Waals surface area contributed by atoms with Crippen LogP contribution in [0.2, 0.25) is 0 Å². The van der Waals surface area contributed by atoms with Gasteiger partial charge < -0.3 is 10.2 Å². The van der Waals surface area contributed by atoms with Crippen molar-refractivity contribution in [1.82, 2.24) is 15.3 Å². The van der Waals surface area contributed by atoms with Gasteiger partial charge in [0.05, 0.1) is 6.54 Å². The zero-order chi connectivity index (χ0) is 16.5. The summed E-state index contributed by atoms with van der Waals surface area (Å²) in [6.45, 7) is 2.06. The van der Waals surface area contributed by atoms with E-state index in [1.807, 2.05) is 35.2 Å². The number of nitrogens with zero attached hydrogens (tertiary/aromatic N) is 2. The summed E-state index contributed by atoms with van der Waals surface area (Å²) in [6, 6.07) is 8.78. The molecular weight excluding hydrogens is 294 g/mol. The molecule has 1 aromatic rings. The molecule has 23 heavy (non-hydrogen) atoms. The predicted molar refractivity (Wildman–Crippen MR) is 86.8 cm³/mol. The number of hydrogen-bond acceptors (Lipinski definition) is 3. The van der Waals surface area contributed by atoms with Gasteiger partial charge in [0.15, 0.2) is 0 Å². The topological polar surface area (TPSA) is 72.9 Å². The Morgan fingerprint density at radius 2 is 2.00 bits per heavy atom. The summed E-state index contributed by atoms with van der Waals surface area (Å²) in [5.41, 5.74) is 0.861. The maximum Gasteiger partial charge on any atom is 0.341 e. The van der Waals surface area contributed by atoms with Crippen LogP contribution in [0.15, 0.2) is 30.3 Å². The van der Waals surface area contributed by atoms with Crippen molar-refractivity contribution >= 4 is 11.9 Å². The molecule has 0 radical (unpaired) electrons. The van der Waals surface area contributed by atoms with E-state index in [0.29, 0.717) is 31.0 Å². The molecule has 1 aromatic carbocycles. The Morgan fingerprint density at radius 3 is 2.78 bits per heavy atom. The smallest absolute Gasteiger partial charge is 0.341 e. The fourth-order valence-electron chi connectivity index (χ4n) is 2.66. The zero-order valence-corrected chi connectivity index (χ0v) is 13.4. The Balaban J connectivity index is 1.65. The lowest BCUT2D eigenvalue weighted by Crippen LogP contribution is -2.39. The lowest BCUT2D eigenvalue weighted by molar-refractivity contribution is -0.130. The third kappa shape index (κ3) is 5.90. The molecule has 1 aliphatic heterocycles. The van der Waals surface area contributed by atoms with Crippen LogP contribution in [0, 0.1) is 0 Å². The number of benzene rings is 1. The molecule has 2 N–H and O–H groups in total. The SMILES string of the molecule is O=C(NCCCN1CCCCCC1=O)N(O)Cc1ccccc1. The van der Waals surface area contributed by atoms with E-state index in [-0.39, 0.29) is 12.5 Å². The van der Waals surface area contributed by atoms with Crippen molar-refractivity contribution in [2.24, 2.45) is 0 Å². The molecule has 3 amide bonds. The quantitative estimate of drug-likeness (QED) is 0.480. The molecule has 6 nitrogen and oxygen atoms in total. The zero-order valence-electron chi connectivity index (χ0n) is 13.4. The molecule has 6 heteroatoms. The van der Waals surface area contributed by atoms with Crippen molar-refractivity contribution in [2.75, 3.05) is 19.6 Å². The fourth-order valence-corrected chi connectivity index (χ4v) is 2.66. The van der Waals surface area contributed by atoms with Crippen LogP contribution in [0.1, 0.15) is 37.7 Å². The molecule has 0 unspecified atom stereocenters. The van der Waals surface area contributed by atoms with Gasteiger partial charge in [-0.25, -0.2) is 9.86 Å². The number of likely N-dealkylation sites (tertiary alicyclic amines) is 1. The van der Waals surface area contributed by atoms with Crippen LogP contribution in [0.4, 0.5) is 4.79 Å². The molecule has 0 saturated carbocycles. The first-order chi connectivity index (χ1) is 11.2. The number of hydrogen-bond donors (Lipinski definition) is 2. The van der Waals surface area contributed by atoms with Crippen molar-refractivity contribution < 1.29 is 14.8 Å². The van der Waals surface area contributed by atoms with Gasteiger partial charge >= 0.3 is 6.03 Å². The Morgan fingerprint density at radius 1 is 1.22 bits per heavy atom. The van der Waals surface area contributed by atoms with Gasteiger partial charge in [-0.15, -0.1) is 0 Å². The van der Waals surface area contributed by atoms with Crippen molar-refractivity contribution in [1.29, 1.82) is 0 Å². The van der Waals surface area contributed by atoms with E-state index in [2.05, 4.69) is 5.32 Å². The van der Waals surface area contributed by atoms with E-state index in [1.165, 1.54) is 0 Å². The second kappa shape index (κ2) is 9.15. The van der Waals surface area contributed by atoms with Crippen LogP contribution in [-0.4, -0.2) is 46.7 Å². The number of hydroxylamine groups is 2. The van der Waals surface area contributed by atoms with E-state index in [1.54, 1.807) is 0 Å². The molecule has 1 heterocycles. The number of urea groups is 1. The van der Waals surface area contributed by atoms with E-state index >= 15 is 0 Å². The minimum Gasteiger partial charge on any atom is -0.343 e. The van der Waals surface area contributed by atoms with E-state index in [0.717, 1.165) is 31.4 Å². The average Bonchev–Trinajstić information content (AvgIpc) is 2.77. The summed E-state index contributed by atoms with van der Waals surface area (Å²) in [7, 11) is 0. The van der Waals surface area contributed by atoms with Crippen LogP contribution in [-0.2, 0) is 11.3 Å². The summed E-state index contributed by atoms with van der Waals surface area (Å²) in [5.74, 6) is 0.210. The van der Waals surface area contributed by atoms with Crippen LogP contribution in [0.3, 0.4) is 0 Å². The van der Waals surface area contributed by atoms with Crippen molar-refractivity contribution in [3.05, 3.63) is 35.9 Å². The monoisotopic (exact) mass is 319 g/mol. The molecule has 0 aromatic heterocycles. The van der Waals surface area contributed by atoms with Gasteiger partial charge in [0.2, 0.25) is 5.91 Å². The van der Waals surface area contributed by atoms with Gasteiger partial charge in [0.1, 0.15) is 0 Å². The first kappa shape index (κ1) is 17.3. The van der Waals surface area contributed by atoms with Crippen molar-refractivity contribution in [2.45, 2.75) is 38.6 Å². The highest BCUT2D eigenvalue weighted by Crippen LogP contribution is 2.11. The number of carbonyl (C=O) groups is 2. The highest BCUT2D eigenvalue weighted by Gasteiger charge is 2.16. The molecule has 126 valence electrons. The second-order valence-corrected chi connectivity index (χ2v) is 5.82. The Labute approximate surface area is 137 Å². The lowest BCUT2D eigenvalue weighted by Gasteiger charge is -2.21. The minimum absolute atomic E-state index is 0.150. The summed E-state index contributed by atoms with van der Waals surface area (Å²) in [4.78, 5) is 25.5. The van der Waals surface area contributed by atoms with Crippen molar-refractivity contribution in [3.63, 3.8) is 0 Å². The van der Waals surface area contributed by atoms with Crippen LogP contribution in [0.5, 0.6) is 0 Å². The average molecular weight is 319 g/mol. The molecule has 1 aliphatic rings. The van der Waals surface area contributed by atoms with Gasteiger partial charge in [-0.1, -0.05) is 36.8 Å². The highest BCUT2D eigenvalue weighted by atomic mass is 16.5. The number of amides is 3. The first-order valence-electron chi connectivity index (χ1n) is 8.23.